The zero-order valence-electron chi connectivity index (χ0n) is 15.5. The van der Waals surface area contributed by atoms with Gasteiger partial charge in [0.2, 0.25) is 5.91 Å². The maximum atomic E-state index is 12.3. The molecule has 0 aliphatic carbocycles. The van der Waals surface area contributed by atoms with Crippen LogP contribution in [0.5, 0.6) is 0 Å². The molecular formula is C19H21Cl2N5O. The second-order valence-corrected chi connectivity index (χ2v) is 7.21. The lowest BCUT2D eigenvalue weighted by atomic mass is 10.2. The fourth-order valence-electron chi connectivity index (χ4n) is 2.82. The third kappa shape index (κ3) is 4.51. The number of carbonyl (C=O) groups is 1. The van der Waals surface area contributed by atoms with Crippen molar-refractivity contribution < 1.29 is 4.79 Å². The molecule has 0 saturated carbocycles. The summed E-state index contributed by atoms with van der Waals surface area (Å²) in [5.74, 6) is 0.400. The SMILES string of the molecule is Cc1nn(CCC(=O)Nc2cc(C)n(Cc3ccccc3Cl)n2)c(C)c1Cl. The van der Waals surface area contributed by atoms with Crippen LogP contribution in [0.4, 0.5) is 5.82 Å². The molecule has 0 fully saturated rings. The summed E-state index contributed by atoms with van der Waals surface area (Å²) in [6.45, 7) is 6.69. The van der Waals surface area contributed by atoms with E-state index in [-0.39, 0.29) is 12.3 Å². The normalized spacial score (nSPS) is 11.0. The Kier molecular flexibility index (Phi) is 5.87. The van der Waals surface area contributed by atoms with Gasteiger partial charge in [-0.1, -0.05) is 41.4 Å². The predicted molar refractivity (Wildman–Crippen MR) is 107 cm³/mol. The smallest absolute Gasteiger partial charge is 0.227 e. The number of anilines is 1. The summed E-state index contributed by atoms with van der Waals surface area (Å²) in [6, 6.07) is 9.48. The summed E-state index contributed by atoms with van der Waals surface area (Å²) >= 11 is 12.3. The lowest BCUT2D eigenvalue weighted by Crippen LogP contribution is -2.16. The molecule has 0 bridgehead atoms. The van der Waals surface area contributed by atoms with Crippen molar-refractivity contribution in [1.82, 2.24) is 19.6 Å². The minimum atomic E-state index is -0.124. The molecule has 0 atom stereocenters. The number of amides is 1. The maximum Gasteiger partial charge on any atom is 0.227 e. The fraction of sp³-hybridized carbons (Fsp3) is 0.316. The number of carbonyl (C=O) groups excluding carboxylic acids is 1. The topological polar surface area (TPSA) is 64.7 Å². The molecular weight excluding hydrogens is 385 g/mol. The first kappa shape index (κ1) is 19.5. The first-order valence-corrected chi connectivity index (χ1v) is 9.38. The molecule has 2 heterocycles. The number of halogens is 2. The molecule has 2 aromatic heterocycles. The number of benzene rings is 1. The van der Waals surface area contributed by atoms with Gasteiger partial charge in [-0.05, 0) is 32.4 Å². The molecule has 8 heteroatoms. The van der Waals surface area contributed by atoms with E-state index in [4.69, 9.17) is 23.2 Å². The lowest BCUT2D eigenvalue weighted by molar-refractivity contribution is -0.116. The average molecular weight is 406 g/mol. The number of aromatic nitrogens is 4. The standard InChI is InChI=1S/C19H21Cl2N5O/c1-12-10-17(24-26(12)11-15-6-4-5-7-16(15)20)22-18(27)8-9-25-14(3)19(21)13(2)23-25/h4-7,10H,8-9,11H2,1-3H3,(H,22,24,27). The summed E-state index contributed by atoms with van der Waals surface area (Å²) in [6.07, 6.45) is 0.286. The molecule has 0 radical (unpaired) electrons. The predicted octanol–water partition coefficient (Wildman–Crippen LogP) is 4.39. The van der Waals surface area contributed by atoms with E-state index in [1.165, 1.54) is 0 Å². The van der Waals surface area contributed by atoms with E-state index in [1.54, 1.807) is 4.68 Å². The number of hydrogen-bond acceptors (Lipinski definition) is 3. The molecule has 1 amide bonds. The van der Waals surface area contributed by atoms with Gasteiger partial charge in [-0.3, -0.25) is 14.2 Å². The Balaban J connectivity index is 1.61. The fourth-order valence-corrected chi connectivity index (χ4v) is 3.16. The quantitative estimate of drug-likeness (QED) is 0.661. The first-order chi connectivity index (χ1) is 12.8. The van der Waals surface area contributed by atoms with Crippen molar-refractivity contribution in [3.63, 3.8) is 0 Å². The maximum absolute atomic E-state index is 12.3. The van der Waals surface area contributed by atoms with Crippen LogP contribution in [0.3, 0.4) is 0 Å². The van der Waals surface area contributed by atoms with Crippen LogP contribution in [0, 0.1) is 20.8 Å². The van der Waals surface area contributed by atoms with E-state index in [0.717, 1.165) is 22.6 Å². The number of rotatable bonds is 6. The Morgan fingerprint density at radius 2 is 1.85 bits per heavy atom. The van der Waals surface area contributed by atoms with Crippen LogP contribution in [0.1, 0.15) is 29.1 Å². The highest BCUT2D eigenvalue weighted by atomic mass is 35.5. The van der Waals surface area contributed by atoms with Crippen molar-refractivity contribution in [1.29, 1.82) is 0 Å². The summed E-state index contributed by atoms with van der Waals surface area (Å²) < 4.78 is 3.57. The number of aryl methyl sites for hydroxylation is 3. The summed E-state index contributed by atoms with van der Waals surface area (Å²) in [7, 11) is 0. The molecule has 1 aromatic carbocycles. The third-order valence-corrected chi connectivity index (χ3v) is 5.29. The Labute approximate surface area is 168 Å². The van der Waals surface area contributed by atoms with Gasteiger partial charge in [0, 0.05) is 23.2 Å². The Hall–Kier alpha value is -2.31. The first-order valence-electron chi connectivity index (χ1n) is 8.62. The number of nitrogens with zero attached hydrogens (tertiary/aromatic N) is 4. The van der Waals surface area contributed by atoms with Crippen molar-refractivity contribution in [2.45, 2.75) is 40.3 Å². The third-order valence-electron chi connectivity index (χ3n) is 4.37. The van der Waals surface area contributed by atoms with E-state index in [1.807, 2.05) is 55.8 Å². The van der Waals surface area contributed by atoms with Crippen LogP contribution in [-0.2, 0) is 17.9 Å². The minimum Gasteiger partial charge on any atom is -0.309 e. The van der Waals surface area contributed by atoms with E-state index < -0.39 is 0 Å². The van der Waals surface area contributed by atoms with E-state index in [2.05, 4.69) is 15.5 Å². The molecule has 27 heavy (non-hydrogen) atoms. The highest BCUT2D eigenvalue weighted by Crippen LogP contribution is 2.20. The highest BCUT2D eigenvalue weighted by molar-refractivity contribution is 6.32. The van der Waals surface area contributed by atoms with Crippen LogP contribution in [0.2, 0.25) is 10.0 Å². The molecule has 142 valence electrons. The van der Waals surface area contributed by atoms with Crippen LogP contribution in [0.25, 0.3) is 0 Å². The Morgan fingerprint density at radius 1 is 1.11 bits per heavy atom. The van der Waals surface area contributed by atoms with Gasteiger partial charge >= 0.3 is 0 Å². The summed E-state index contributed by atoms with van der Waals surface area (Å²) in [5, 5.41) is 13.0. The molecule has 3 rings (SSSR count). The second kappa shape index (κ2) is 8.15. The van der Waals surface area contributed by atoms with Gasteiger partial charge in [-0.2, -0.15) is 10.2 Å². The minimum absolute atomic E-state index is 0.124. The number of hydrogen-bond donors (Lipinski definition) is 1. The molecule has 0 aliphatic heterocycles. The van der Waals surface area contributed by atoms with Crippen LogP contribution in [0.15, 0.2) is 30.3 Å². The van der Waals surface area contributed by atoms with E-state index in [9.17, 15) is 4.79 Å². The lowest BCUT2D eigenvalue weighted by Gasteiger charge is -2.06. The Morgan fingerprint density at radius 3 is 2.52 bits per heavy atom. The summed E-state index contributed by atoms with van der Waals surface area (Å²) in [5.41, 5.74) is 3.55. The molecule has 0 unspecified atom stereocenters. The van der Waals surface area contributed by atoms with E-state index >= 15 is 0 Å². The second-order valence-electron chi connectivity index (χ2n) is 6.43. The zero-order chi connectivity index (χ0) is 19.6. The monoisotopic (exact) mass is 405 g/mol. The van der Waals surface area contributed by atoms with Crippen LogP contribution in [-0.4, -0.2) is 25.5 Å². The van der Waals surface area contributed by atoms with Crippen molar-refractivity contribution in [2.24, 2.45) is 0 Å². The van der Waals surface area contributed by atoms with Crippen molar-refractivity contribution in [2.75, 3.05) is 5.32 Å². The van der Waals surface area contributed by atoms with Gasteiger partial charge in [0.15, 0.2) is 5.82 Å². The van der Waals surface area contributed by atoms with Crippen LogP contribution < -0.4 is 5.32 Å². The highest BCUT2D eigenvalue weighted by Gasteiger charge is 2.12. The molecule has 3 aromatic rings. The zero-order valence-corrected chi connectivity index (χ0v) is 17.0. The van der Waals surface area contributed by atoms with Crippen molar-refractivity contribution in [3.8, 4) is 0 Å². The largest absolute Gasteiger partial charge is 0.309 e. The van der Waals surface area contributed by atoms with Gasteiger partial charge in [0.05, 0.1) is 29.5 Å². The summed E-state index contributed by atoms with van der Waals surface area (Å²) in [4.78, 5) is 12.3. The van der Waals surface area contributed by atoms with Crippen molar-refractivity contribution >= 4 is 34.9 Å². The molecule has 1 N–H and O–H groups in total. The van der Waals surface area contributed by atoms with Gasteiger partial charge in [0.25, 0.3) is 0 Å². The molecule has 0 saturated heterocycles. The Bertz CT molecular complexity index is 977. The molecule has 0 spiro atoms. The van der Waals surface area contributed by atoms with Crippen molar-refractivity contribution in [3.05, 3.63) is 63.0 Å². The van der Waals surface area contributed by atoms with Gasteiger partial charge in [-0.25, -0.2) is 0 Å². The van der Waals surface area contributed by atoms with Crippen LogP contribution >= 0.6 is 23.2 Å². The average Bonchev–Trinajstić information content (AvgIpc) is 3.09. The van der Waals surface area contributed by atoms with Gasteiger partial charge in [-0.15, -0.1) is 0 Å². The van der Waals surface area contributed by atoms with E-state index in [0.29, 0.717) is 29.0 Å². The van der Waals surface area contributed by atoms with Gasteiger partial charge in [0.1, 0.15) is 0 Å². The number of nitrogens with one attached hydrogen (secondary N) is 1. The molecule has 6 nitrogen and oxygen atoms in total. The molecule has 0 aliphatic rings. The van der Waals surface area contributed by atoms with Gasteiger partial charge < -0.3 is 5.32 Å².